The van der Waals surface area contributed by atoms with Crippen molar-refractivity contribution < 1.29 is 0 Å². The molecule has 66 valence electrons. The summed E-state index contributed by atoms with van der Waals surface area (Å²) in [6.45, 7) is 3.62. The van der Waals surface area contributed by atoms with E-state index in [1.54, 1.807) is 0 Å². The predicted molar refractivity (Wildman–Crippen MR) is 60.3 cm³/mol. The zero-order valence-corrected chi connectivity index (χ0v) is 10.2. The Kier molecular flexibility index (Phi) is 7.38. The molecular weight excluding hydrogens is 239 g/mol. The van der Waals surface area contributed by atoms with Gasteiger partial charge in [0.1, 0.15) is 0 Å². The summed E-state index contributed by atoms with van der Waals surface area (Å²) >= 11 is 18.9. The molecule has 0 amide bonds. The van der Waals surface area contributed by atoms with Crippen LogP contribution >= 0.6 is 45.0 Å². The summed E-state index contributed by atoms with van der Waals surface area (Å²) in [7, 11) is 0. The van der Waals surface area contributed by atoms with Crippen LogP contribution in [-0.2, 0) is 0 Å². The van der Waals surface area contributed by atoms with Gasteiger partial charge in [-0.15, -0.1) is 39.8 Å². The minimum Gasteiger partial charge on any atom is -0.158 e. The van der Waals surface area contributed by atoms with E-state index in [0.29, 0.717) is 0 Å². The van der Waals surface area contributed by atoms with Gasteiger partial charge in [-0.1, -0.05) is 6.08 Å². The Hall–Kier alpha value is 1.18. The van der Waals surface area contributed by atoms with Gasteiger partial charge in [0.25, 0.3) is 0 Å². The molecule has 0 fully saturated rings. The van der Waals surface area contributed by atoms with Crippen LogP contribution in [0.3, 0.4) is 0 Å². The summed E-state index contributed by atoms with van der Waals surface area (Å²) in [6.07, 6.45) is 2.89. The molecule has 0 aliphatic rings. The van der Waals surface area contributed by atoms with E-state index in [9.17, 15) is 0 Å². The Morgan fingerprint density at radius 3 is 2.45 bits per heavy atom. The quantitative estimate of drug-likeness (QED) is 0.297. The fourth-order valence-corrected chi connectivity index (χ4v) is 3.26. The van der Waals surface area contributed by atoms with E-state index in [1.807, 2.05) is 17.8 Å². The van der Waals surface area contributed by atoms with Gasteiger partial charge in [-0.3, -0.25) is 0 Å². The van der Waals surface area contributed by atoms with Crippen LogP contribution < -0.4 is 0 Å². The van der Waals surface area contributed by atoms with Crippen molar-refractivity contribution in [1.82, 2.24) is 0 Å². The van der Waals surface area contributed by atoms with E-state index in [1.165, 1.54) is 0 Å². The Balaban J connectivity index is 3.08. The van der Waals surface area contributed by atoms with Crippen molar-refractivity contribution in [3.05, 3.63) is 12.7 Å². The first kappa shape index (κ1) is 12.2. The Labute approximate surface area is 87.4 Å². The summed E-state index contributed by atoms with van der Waals surface area (Å²) < 4.78 is 0. The number of hydrogen-bond donors (Lipinski definition) is 0. The second kappa shape index (κ2) is 6.67. The number of rotatable bonds is 6. The second-order valence-corrected chi connectivity index (χ2v) is 12.5. The summed E-state index contributed by atoms with van der Waals surface area (Å²) in [5.74, 6) is 2.05. The van der Waals surface area contributed by atoms with Crippen molar-refractivity contribution in [1.29, 1.82) is 0 Å². The molecule has 5 heteroatoms. The van der Waals surface area contributed by atoms with Gasteiger partial charge in [0.2, 0.25) is 0 Å². The summed E-state index contributed by atoms with van der Waals surface area (Å²) in [5, 5.41) is 0. The molecule has 0 N–H and O–H groups in total. The van der Waals surface area contributed by atoms with Crippen LogP contribution in [0.25, 0.3) is 0 Å². The molecule has 0 aliphatic heterocycles. The van der Waals surface area contributed by atoms with Crippen LogP contribution in [0.4, 0.5) is 0 Å². The first-order chi connectivity index (χ1) is 5.06. The highest BCUT2D eigenvalue weighted by Crippen LogP contribution is 2.27. The molecule has 0 nitrogen and oxygen atoms in total. The number of thioether (sulfide) groups is 1. The van der Waals surface area contributed by atoms with Crippen molar-refractivity contribution in [3.63, 3.8) is 0 Å². The van der Waals surface area contributed by atoms with Crippen molar-refractivity contribution in [3.8, 4) is 0 Å². The zero-order chi connectivity index (χ0) is 8.74. The molecule has 11 heavy (non-hydrogen) atoms. The molecule has 0 saturated heterocycles. The molecule has 0 radical (unpaired) electrons. The van der Waals surface area contributed by atoms with Crippen molar-refractivity contribution in [2.24, 2.45) is 0 Å². The minimum atomic E-state index is -2.34. The average Bonchev–Trinajstić information content (AvgIpc) is 1.85. The Morgan fingerprint density at radius 2 is 2.00 bits per heavy atom. The lowest BCUT2D eigenvalue weighted by Crippen LogP contribution is -2.08. The van der Waals surface area contributed by atoms with Crippen molar-refractivity contribution in [2.45, 2.75) is 12.5 Å². The average molecular weight is 250 g/mol. The van der Waals surface area contributed by atoms with E-state index in [4.69, 9.17) is 33.2 Å². The summed E-state index contributed by atoms with van der Waals surface area (Å²) in [4.78, 5) is 0. The minimum absolute atomic E-state index is 0.766. The van der Waals surface area contributed by atoms with Crippen LogP contribution in [0.1, 0.15) is 6.42 Å². The van der Waals surface area contributed by atoms with E-state index < -0.39 is 6.00 Å². The van der Waals surface area contributed by atoms with E-state index in [-0.39, 0.29) is 0 Å². The van der Waals surface area contributed by atoms with Crippen LogP contribution in [0.5, 0.6) is 0 Å². The molecule has 0 bridgehead atoms. The van der Waals surface area contributed by atoms with Crippen LogP contribution in [-0.4, -0.2) is 17.5 Å². The molecule has 0 aromatic carbocycles. The van der Waals surface area contributed by atoms with Crippen LogP contribution in [0.2, 0.25) is 6.04 Å². The lowest BCUT2D eigenvalue weighted by atomic mass is 10.6. The van der Waals surface area contributed by atoms with Gasteiger partial charge in [0.05, 0.1) is 0 Å². The van der Waals surface area contributed by atoms with E-state index in [2.05, 4.69) is 6.58 Å². The monoisotopic (exact) mass is 248 g/mol. The van der Waals surface area contributed by atoms with E-state index in [0.717, 1.165) is 24.0 Å². The topological polar surface area (TPSA) is 0 Å². The highest BCUT2D eigenvalue weighted by molar-refractivity contribution is 7.99. The Bertz CT molecular complexity index is 113. The van der Waals surface area contributed by atoms with Gasteiger partial charge < -0.3 is 0 Å². The molecule has 0 unspecified atom stereocenters. The molecule has 0 aromatic heterocycles. The third-order valence-electron chi connectivity index (χ3n) is 0.985. The molecule has 0 rings (SSSR count). The zero-order valence-electron chi connectivity index (χ0n) is 6.16. The number of hydrogen-bond acceptors (Lipinski definition) is 1. The van der Waals surface area contributed by atoms with E-state index >= 15 is 0 Å². The van der Waals surface area contributed by atoms with Gasteiger partial charge in [0.15, 0.2) is 0 Å². The summed E-state index contributed by atoms with van der Waals surface area (Å²) in [5.41, 5.74) is 0. The maximum atomic E-state index is 5.69. The Morgan fingerprint density at radius 1 is 1.36 bits per heavy atom. The maximum Gasteiger partial charge on any atom is 0.341 e. The molecule has 0 aliphatic carbocycles. The SMILES string of the molecule is C=CCSCCC[Si](Cl)(Cl)Cl. The van der Waals surface area contributed by atoms with Gasteiger partial charge >= 0.3 is 6.00 Å². The fourth-order valence-electron chi connectivity index (χ4n) is 0.541. The first-order valence-corrected chi connectivity index (χ1v) is 9.71. The molecule has 0 heterocycles. The van der Waals surface area contributed by atoms with Gasteiger partial charge in [0, 0.05) is 5.75 Å². The highest BCUT2D eigenvalue weighted by Gasteiger charge is 2.23. The smallest absolute Gasteiger partial charge is 0.158 e. The summed E-state index contributed by atoms with van der Waals surface area (Å²) in [6, 6.07) is -1.57. The van der Waals surface area contributed by atoms with Crippen LogP contribution in [0, 0.1) is 0 Å². The molecule has 0 spiro atoms. The largest absolute Gasteiger partial charge is 0.341 e. The second-order valence-electron chi connectivity index (χ2n) is 2.08. The van der Waals surface area contributed by atoms with Crippen LogP contribution in [0.15, 0.2) is 12.7 Å². The third-order valence-corrected chi connectivity index (χ3v) is 4.65. The highest BCUT2D eigenvalue weighted by atomic mass is 35.8. The lowest BCUT2D eigenvalue weighted by molar-refractivity contribution is 1.09. The maximum absolute atomic E-state index is 5.69. The molecule has 0 saturated carbocycles. The standard InChI is InChI=1S/C6H11Cl3SSi/c1-2-4-10-5-3-6-11(7,8)9/h2H,1,3-6H2. The van der Waals surface area contributed by atoms with Gasteiger partial charge in [-0.05, 0) is 18.2 Å². The van der Waals surface area contributed by atoms with Gasteiger partial charge in [-0.25, -0.2) is 0 Å². The third kappa shape index (κ3) is 11.2. The van der Waals surface area contributed by atoms with Crippen molar-refractivity contribution >= 4 is 51.0 Å². The van der Waals surface area contributed by atoms with Gasteiger partial charge in [-0.2, -0.15) is 11.8 Å². The molecule has 0 atom stereocenters. The molecular formula is C6H11Cl3SSi. The first-order valence-electron chi connectivity index (χ1n) is 3.31. The fraction of sp³-hybridized carbons (Fsp3) is 0.667. The molecule has 0 aromatic rings. The van der Waals surface area contributed by atoms with Crippen molar-refractivity contribution in [2.75, 3.05) is 11.5 Å². The lowest BCUT2D eigenvalue weighted by Gasteiger charge is -2.05. The number of halogens is 3. The predicted octanol–water partition coefficient (Wildman–Crippen LogP) is 3.95. The normalized spacial score (nSPS) is 11.5.